The zero-order valence-electron chi connectivity index (χ0n) is 38.8. The van der Waals surface area contributed by atoms with Gasteiger partial charge in [-0.2, -0.15) is 0 Å². The molecule has 4 N–H and O–H groups in total. The van der Waals surface area contributed by atoms with Crippen molar-refractivity contribution in [3.8, 4) is 22.4 Å². The van der Waals surface area contributed by atoms with E-state index in [0.29, 0.717) is 78.9 Å². The topological polar surface area (TPSA) is 192 Å². The monoisotopic (exact) mass is 1010 g/mol. The largest absolute Gasteiger partial charge is 0.379 e. The van der Waals surface area contributed by atoms with Crippen molar-refractivity contribution in [3.05, 3.63) is 149 Å². The lowest BCUT2D eigenvalue weighted by molar-refractivity contribution is -0.384. The maximum atomic E-state index is 14.0. The average molecular weight is 1010 g/mol. The van der Waals surface area contributed by atoms with Crippen LogP contribution in [0.15, 0.2) is 131 Å². The van der Waals surface area contributed by atoms with Crippen LogP contribution >= 0.6 is 11.8 Å². The van der Waals surface area contributed by atoms with Gasteiger partial charge in [-0.25, -0.2) is 17.0 Å². The number of amides is 1. The molecule has 70 heavy (non-hydrogen) atoms. The normalized spacial score (nSPS) is 15.3. The molecule has 2 saturated heterocycles. The van der Waals surface area contributed by atoms with Gasteiger partial charge < -0.3 is 34.3 Å². The van der Waals surface area contributed by atoms with Gasteiger partial charge in [-0.3, -0.25) is 24.5 Å². The van der Waals surface area contributed by atoms with Crippen LogP contribution in [-0.4, -0.2) is 114 Å². The summed E-state index contributed by atoms with van der Waals surface area (Å²) in [5, 5.41) is 18.3. The number of piperazine rings is 1. The molecule has 16 nitrogen and oxygen atoms in total. The number of hydrogen-bond acceptors (Lipinski definition) is 12. The molecule has 2 aliphatic heterocycles. The molecular formula is C50H55FN8O8S3. The number of carbonyl (C=O) groups is 1. The molecule has 1 aromatic heterocycles. The third-order valence-corrected chi connectivity index (χ3v) is 15.5. The van der Waals surface area contributed by atoms with E-state index in [0.717, 1.165) is 54.0 Å². The maximum absolute atomic E-state index is 14.0. The Morgan fingerprint density at radius 2 is 1.56 bits per heavy atom. The predicted octanol–water partition coefficient (Wildman–Crippen LogP) is 8.05. The van der Waals surface area contributed by atoms with Crippen molar-refractivity contribution in [2.24, 2.45) is 7.05 Å². The number of anilines is 4. The SMILES string of the molecule is Cc1c(C(=O)NCS(=O)O)c(-c2cccc(N3CCN(c4ccc(NS(=O)(=O)c5ccc(N[C@H](CCN6CCOCC6)CSc6ccccc6)c([N+](=O)[O-])c5)cc4)CC3)c2)c(-c2ccc(F)cc2)n1C. The Morgan fingerprint density at radius 3 is 2.23 bits per heavy atom. The number of sulfonamides is 1. The van der Waals surface area contributed by atoms with E-state index < -0.39 is 43.6 Å². The molecule has 6 aromatic rings. The Bertz CT molecular complexity index is 2930. The second-order valence-corrected chi connectivity index (χ2v) is 20.7. The molecule has 2 atom stereocenters. The Balaban J connectivity index is 0.930. The van der Waals surface area contributed by atoms with Gasteiger partial charge in [-0.1, -0.05) is 30.3 Å². The first-order chi connectivity index (χ1) is 33.7. The second kappa shape index (κ2) is 22.6. The quantitative estimate of drug-likeness (QED) is 0.0264. The standard InChI is InChI=1S/C50H55FN8O8S3/c1-35-47(50(60)52-34-69(63)64)48(49(55(35)2)36-11-13-38(51)14-12-36)37-7-6-8-42(31-37)58-25-23-57(24-26-58)41-17-15-39(16-18-41)54-70(65,66)44-19-20-45(46(32-44)59(61)62)53-40(21-22-56-27-29-67-30-28-56)33-68-43-9-4-3-5-10-43/h3-20,31-32,40,53-54H,21-30,33-34H2,1-2H3,(H,52,60)(H,63,64)/t40-/m1/s1. The summed E-state index contributed by atoms with van der Waals surface area (Å²) in [6, 6.07) is 34.6. The molecule has 2 fully saturated rings. The van der Waals surface area contributed by atoms with E-state index in [-0.39, 0.29) is 22.3 Å². The van der Waals surface area contributed by atoms with E-state index in [9.17, 15) is 36.5 Å². The summed E-state index contributed by atoms with van der Waals surface area (Å²) in [6.45, 7) is 8.16. The van der Waals surface area contributed by atoms with E-state index >= 15 is 0 Å². The number of benzene rings is 5. The number of carbonyl (C=O) groups excluding carboxylic acids is 1. The molecule has 0 spiro atoms. The number of rotatable bonds is 19. The zero-order chi connectivity index (χ0) is 49.4. The summed E-state index contributed by atoms with van der Waals surface area (Å²) < 4.78 is 72.3. The van der Waals surface area contributed by atoms with Gasteiger partial charge in [0.1, 0.15) is 17.4 Å². The maximum Gasteiger partial charge on any atom is 0.293 e. The molecule has 1 unspecified atom stereocenters. The minimum Gasteiger partial charge on any atom is -0.379 e. The highest BCUT2D eigenvalue weighted by Gasteiger charge is 2.28. The number of aromatic nitrogens is 1. The molecule has 2 aliphatic rings. The molecule has 1 amide bonds. The number of ether oxygens (including phenoxy) is 1. The molecule has 8 rings (SSSR count). The van der Waals surface area contributed by atoms with Crippen LogP contribution in [-0.2, 0) is 32.9 Å². The van der Waals surface area contributed by atoms with Crippen molar-refractivity contribution in [3.63, 3.8) is 0 Å². The molecule has 368 valence electrons. The fraction of sp³-hybridized carbons (Fsp3) is 0.300. The van der Waals surface area contributed by atoms with Crippen LogP contribution in [0.3, 0.4) is 0 Å². The average Bonchev–Trinajstić information content (AvgIpc) is 3.64. The number of hydrogen-bond donors (Lipinski definition) is 4. The second-order valence-electron chi connectivity index (χ2n) is 17.0. The lowest BCUT2D eigenvalue weighted by Gasteiger charge is -2.37. The van der Waals surface area contributed by atoms with E-state index in [1.54, 1.807) is 43.0 Å². The molecule has 0 aliphatic carbocycles. The van der Waals surface area contributed by atoms with Crippen molar-refractivity contribution in [1.82, 2.24) is 14.8 Å². The summed E-state index contributed by atoms with van der Waals surface area (Å²) in [6.07, 6.45) is 0.720. The predicted molar refractivity (Wildman–Crippen MR) is 275 cm³/mol. The van der Waals surface area contributed by atoms with E-state index in [1.807, 2.05) is 78.3 Å². The first kappa shape index (κ1) is 50.1. The summed E-state index contributed by atoms with van der Waals surface area (Å²) in [5.41, 5.74) is 5.77. The lowest BCUT2D eigenvalue weighted by atomic mass is 9.96. The first-order valence-corrected chi connectivity index (χ1v) is 26.6. The fourth-order valence-corrected chi connectivity index (χ4v) is 11.1. The highest BCUT2D eigenvalue weighted by molar-refractivity contribution is 7.99. The van der Waals surface area contributed by atoms with Gasteiger partial charge in [0.15, 0.2) is 11.1 Å². The van der Waals surface area contributed by atoms with Crippen molar-refractivity contribution in [2.45, 2.75) is 29.2 Å². The van der Waals surface area contributed by atoms with Gasteiger partial charge in [-0.15, -0.1) is 11.8 Å². The minimum absolute atomic E-state index is 0.142. The van der Waals surface area contributed by atoms with Gasteiger partial charge in [0.05, 0.1) is 34.3 Å². The molecule has 5 aromatic carbocycles. The van der Waals surface area contributed by atoms with E-state index in [1.165, 1.54) is 24.3 Å². The van der Waals surface area contributed by atoms with Crippen LogP contribution in [0.25, 0.3) is 22.4 Å². The van der Waals surface area contributed by atoms with Gasteiger partial charge in [0, 0.05) is 104 Å². The number of thioether (sulfide) groups is 1. The number of halogens is 1. The number of nitrogens with one attached hydrogen (secondary N) is 3. The van der Waals surface area contributed by atoms with Gasteiger partial charge in [-0.05, 0) is 109 Å². The van der Waals surface area contributed by atoms with Crippen molar-refractivity contribution in [2.75, 3.05) is 90.5 Å². The summed E-state index contributed by atoms with van der Waals surface area (Å²) >= 11 is -0.591. The van der Waals surface area contributed by atoms with Crippen LogP contribution in [0.2, 0.25) is 0 Å². The first-order valence-electron chi connectivity index (χ1n) is 22.8. The van der Waals surface area contributed by atoms with Gasteiger partial charge >= 0.3 is 0 Å². The zero-order valence-corrected chi connectivity index (χ0v) is 41.2. The van der Waals surface area contributed by atoms with Crippen LogP contribution in [0, 0.1) is 22.9 Å². The number of nitro groups is 1. The van der Waals surface area contributed by atoms with E-state index in [4.69, 9.17) is 4.74 Å². The highest BCUT2D eigenvalue weighted by Crippen LogP contribution is 2.40. The Labute approximate surface area is 413 Å². The van der Waals surface area contributed by atoms with Crippen LogP contribution in [0.5, 0.6) is 0 Å². The molecule has 0 saturated carbocycles. The third kappa shape index (κ3) is 12.2. The summed E-state index contributed by atoms with van der Waals surface area (Å²) in [4.78, 5) is 33.1. The smallest absolute Gasteiger partial charge is 0.293 e. The fourth-order valence-electron chi connectivity index (χ4n) is 8.80. The molecule has 0 radical (unpaired) electrons. The van der Waals surface area contributed by atoms with Crippen molar-refractivity contribution < 1.29 is 36.0 Å². The number of nitrogens with zero attached hydrogens (tertiary/aromatic N) is 5. The van der Waals surface area contributed by atoms with Crippen LogP contribution < -0.4 is 25.2 Å². The van der Waals surface area contributed by atoms with E-state index in [2.05, 4.69) is 30.1 Å². The Kier molecular flexibility index (Phi) is 16.2. The third-order valence-electron chi connectivity index (χ3n) is 12.6. The number of morpholine rings is 1. The Hall–Kier alpha value is -6.29. The summed E-state index contributed by atoms with van der Waals surface area (Å²) in [7, 11) is -2.38. The van der Waals surface area contributed by atoms with Crippen molar-refractivity contribution >= 4 is 67.2 Å². The molecule has 0 bridgehead atoms. The van der Waals surface area contributed by atoms with Crippen molar-refractivity contribution in [1.29, 1.82) is 0 Å². The van der Waals surface area contributed by atoms with Crippen LogP contribution in [0.1, 0.15) is 22.5 Å². The highest BCUT2D eigenvalue weighted by atomic mass is 32.2. The Morgan fingerprint density at radius 1 is 0.871 bits per heavy atom. The van der Waals surface area contributed by atoms with Crippen LogP contribution in [0.4, 0.5) is 32.8 Å². The number of nitro benzene ring substituents is 1. The van der Waals surface area contributed by atoms with Gasteiger partial charge in [0.2, 0.25) is 0 Å². The molecular weight excluding hydrogens is 956 g/mol. The molecule has 3 heterocycles. The van der Waals surface area contributed by atoms with Gasteiger partial charge in [0.25, 0.3) is 21.6 Å². The minimum atomic E-state index is -4.21. The summed E-state index contributed by atoms with van der Waals surface area (Å²) in [5.74, 6) is -0.687. The molecule has 20 heteroatoms. The lowest BCUT2D eigenvalue weighted by Crippen LogP contribution is -2.46.